The molecule has 0 bridgehead atoms. The van der Waals surface area contributed by atoms with Gasteiger partial charge in [-0.1, -0.05) is 0 Å². The molecule has 0 saturated carbocycles. The molecule has 1 fully saturated rings. The maximum atomic E-state index is 12.4. The van der Waals surface area contributed by atoms with Crippen LogP contribution in [0.3, 0.4) is 0 Å². The van der Waals surface area contributed by atoms with Crippen LogP contribution >= 0.6 is 0 Å². The number of anilines is 1. The summed E-state index contributed by atoms with van der Waals surface area (Å²) in [6.45, 7) is 8.58. The van der Waals surface area contributed by atoms with Gasteiger partial charge < -0.3 is 30.3 Å². The van der Waals surface area contributed by atoms with Crippen LogP contribution in [0.2, 0.25) is 0 Å². The van der Waals surface area contributed by atoms with Gasteiger partial charge in [0.2, 0.25) is 11.8 Å². The number of nitrogens with one attached hydrogen (secondary N) is 3. The zero-order valence-corrected chi connectivity index (χ0v) is 18.6. The first-order chi connectivity index (χ1) is 14.8. The molecular formula is C22H33N5O4. The van der Waals surface area contributed by atoms with E-state index in [0.29, 0.717) is 30.7 Å². The number of carbonyl (C=O) groups excluding carboxylic acids is 2. The van der Waals surface area contributed by atoms with Crippen LogP contribution in [0.4, 0.5) is 5.69 Å². The standard InChI is InChI=1S/C22H33N5O4/c1-22(2,3)26-19(28)14-23-21(24-15-20(29)27-9-4-5-10-27)25-16-7-8-17-18(13-16)31-12-6-11-30-17/h7-8,13H,4-6,9-12,14-15H2,1-3H3,(H,26,28)(H2,23,24,25). The Morgan fingerprint density at radius 2 is 1.77 bits per heavy atom. The minimum absolute atomic E-state index is 0.0183. The van der Waals surface area contributed by atoms with Crippen LogP contribution in [0.1, 0.15) is 40.0 Å². The number of aliphatic imine (C=N–C) groups is 1. The average molecular weight is 432 g/mol. The molecule has 0 spiro atoms. The summed E-state index contributed by atoms with van der Waals surface area (Å²) in [6, 6.07) is 5.51. The summed E-state index contributed by atoms with van der Waals surface area (Å²) in [5.74, 6) is 1.53. The molecule has 2 heterocycles. The molecule has 3 rings (SSSR count). The minimum Gasteiger partial charge on any atom is -0.490 e. The number of guanidine groups is 1. The van der Waals surface area contributed by atoms with Gasteiger partial charge in [0.25, 0.3) is 0 Å². The van der Waals surface area contributed by atoms with Crippen molar-refractivity contribution < 1.29 is 19.1 Å². The van der Waals surface area contributed by atoms with E-state index in [4.69, 9.17) is 9.47 Å². The minimum atomic E-state index is -0.340. The Morgan fingerprint density at radius 1 is 1.06 bits per heavy atom. The monoisotopic (exact) mass is 431 g/mol. The quantitative estimate of drug-likeness (QED) is 0.485. The summed E-state index contributed by atoms with van der Waals surface area (Å²) in [5, 5.41) is 9.10. The van der Waals surface area contributed by atoms with Crippen LogP contribution in [0.25, 0.3) is 0 Å². The lowest BCUT2D eigenvalue weighted by atomic mass is 10.1. The van der Waals surface area contributed by atoms with E-state index in [2.05, 4.69) is 20.9 Å². The number of amides is 2. The number of hydrogen-bond acceptors (Lipinski definition) is 5. The predicted molar refractivity (Wildman–Crippen MR) is 120 cm³/mol. The second-order valence-electron chi connectivity index (χ2n) is 8.74. The fourth-order valence-electron chi connectivity index (χ4n) is 3.36. The van der Waals surface area contributed by atoms with Crippen molar-refractivity contribution in [2.24, 2.45) is 4.99 Å². The molecule has 0 aromatic heterocycles. The molecule has 1 aromatic carbocycles. The first kappa shape index (κ1) is 22.7. The van der Waals surface area contributed by atoms with Crippen LogP contribution in [0, 0.1) is 0 Å². The third-order valence-electron chi connectivity index (χ3n) is 4.77. The highest BCUT2D eigenvalue weighted by molar-refractivity contribution is 5.97. The van der Waals surface area contributed by atoms with Gasteiger partial charge in [0.05, 0.1) is 19.8 Å². The Kier molecular flexibility index (Phi) is 7.59. The number of hydrogen-bond donors (Lipinski definition) is 3. The van der Waals surface area contributed by atoms with Gasteiger partial charge >= 0.3 is 0 Å². The molecule has 1 aromatic rings. The molecule has 2 amide bonds. The van der Waals surface area contributed by atoms with Gasteiger partial charge in [0, 0.05) is 36.8 Å². The third kappa shape index (κ3) is 7.34. The highest BCUT2D eigenvalue weighted by Gasteiger charge is 2.19. The number of fused-ring (bicyclic) bond motifs is 1. The molecule has 3 N–H and O–H groups in total. The Bertz CT molecular complexity index is 813. The lowest BCUT2D eigenvalue weighted by molar-refractivity contribution is -0.128. The average Bonchev–Trinajstić information content (AvgIpc) is 3.14. The van der Waals surface area contributed by atoms with Crippen LogP contribution in [0.5, 0.6) is 11.5 Å². The van der Waals surface area contributed by atoms with E-state index in [1.54, 1.807) is 0 Å². The number of likely N-dealkylation sites (tertiary alicyclic amines) is 1. The molecule has 0 radical (unpaired) electrons. The van der Waals surface area contributed by atoms with E-state index in [1.165, 1.54) is 0 Å². The van der Waals surface area contributed by atoms with E-state index >= 15 is 0 Å². The topological polar surface area (TPSA) is 104 Å². The first-order valence-corrected chi connectivity index (χ1v) is 10.8. The summed E-state index contributed by atoms with van der Waals surface area (Å²) in [6.07, 6.45) is 2.90. The molecule has 0 atom stereocenters. The van der Waals surface area contributed by atoms with E-state index < -0.39 is 0 Å². The van der Waals surface area contributed by atoms with Crippen molar-refractivity contribution in [3.05, 3.63) is 18.2 Å². The Labute approximate surface area is 183 Å². The smallest absolute Gasteiger partial charge is 0.242 e. The summed E-state index contributed by atoms with van der Waals surface area (Å²) in [4.78, 5) is 30.8. The number of benzene rings is 1. The largest absolute Gasteiger partial charge is 0.490 e. The van der Waals surface area contributed by atoms with Gasteiger partial charge in [-0.25, -0.2) is 4.99 Å². The second kappa shape index (κ2) is 10.4. The molecule has 9 nitrogen and oxygen atoms in total. The SMILES string of the molecule is CC(C)(C)NC(=O)CN=C(NCC(=O)N1CCCC1)Nc1ccc2c(c1)OCCCO2. The van der Waals surface area contributed by atoms with Crippen LogP contribution in [-0.2, 0) is 9.59 Å². The van der Waals surface area contributed by atoms with E-state index in [1.807, 2.05) is 43.9 Å². The van der Waals surface area contributed by atoms with Crippen LogP contribution in [-0.4, -0.2) is 67.6 Å². The van der Waals surface area contributed by atoms with Gasteiger partial charge in [0.1, 0.15) is 6.54 Å². The van der Waals surface area contributed by atoms with Crippen molar-refractivity contribution in [1.29, 1.82) is 0 Å². The highest BCUT2D eigenvalue weighted by Crippen LogP contribution is 2.32. The molecule has 0 unspecified atom stereocenters. The zero-order chi connectivity index (χ0) is 22.3. The van der Waals surface area contributed by atoms with Crippen molar-refractivity contribution >= 4 is 23.5 Å². The van der Waals surface area contributed by atoms with E-state index in [9.17, 15) is 9.59 Å². The molecule has 31 heavy (non-hydrogen) atoms. The van der Waals surface area contributed by atoms with Gasteiger partial charge in [-0.2, -0.15) is 0 Å². The molecule has 1 saturated heterocycles. The van der Waals surface area contributed by atoms with Crippen LogP contribution in [0.15, 0.2) is 23.2 Å². The predicted octanol–water partition coefficient (Wildman–Crippen LogP) is 1.74. The third-order valence-corrected chi connectivity index (χ3v) is 4.77. The summed E-state index contributed by atoms with van der Waals surface area (Å²) in [5.41, 5.74) is 0.383. The van der Waals surface area contributed by atoms with E-state index in [-0.39, 0.29) is 30.4 Å². The van der Waals surface area contributed by atoms with Gasteiger partial charge in [-0.15, -0.1) is 0 Å². The lowest BCUT2D eigenvalue weighted by Crippen LogP contribution is -2.43. The van der Waals surface area contributed by atoms with Crippen molar-refractivity contribution in [3.63, 3.8) is 0 Å². The lowest BCUT2D eigenvalue weighted by Gasteiger charge is -2.20. The first-order valence-electron chi connectivity index (χ1n) is 10.8. The van der Waals surface area contributed by atoms with Crippen molar-refractivity contribution in [2.45, 2.75) is 45.6 Å². The molecule has 2 aliphatic heterocycles. The normalized spacial score (nSPS) is 16.5. The zero-order valence-electron chi connectivity index (χ0n) is 18.6. The van der Waals surface area contributed by atoms with Gasteiger partial charge in [0.15, 0.2) is 17.5 Å². The Morgan fingerprint density at radius 3 is 2.48 bits per heavy atom. The van der Waals surface area contributed by atoms with Crippen LogP contribution < -0.4 is 25.4 Å². The summed E-state index contributed by atoms with van der Waals surface area (Å²) in [7, 11) is 0. The maximum absolute atomic E-state index is 12.4. The summed E-state index contributed by atoms with van der Waals surface area (Å²) >= 11 is 0. The number of rotatable bonds is 5. The maximum Gasteiger partial charge on any atom is 0.242 e. The molecule has 2 aliphatic rings. The number of carbonyl (C=O) groups is 2. The Hall–Kier alpha value is -2.97. The fraction of sp³-hybridized carbons (Fsp3) is 0.591. The van der Waals surface area contributed by atoms with Gasteiger partial charge in [-0.3, -0.25) is 9.59 Å². The number of ether oxygens (including phenoxy) is 2. The molecule has 170 valence electrons. The van der Waals surface area contributed by atoms with Gasteiger partial charge in [-0.05, 0) is 45.7 Å². The number of nitrogens with zero attached hydrogens (tertiary/aromatic N) is 2. The highest BCUT2D eigenvalue weighted by atomic mass is 16.5. The molecule has 0 aliphatic carbocycles. The Balaban J connectivity index is 1.68. The fourth-order valence-corrected chi connectivity index (χ4v) is 3.36. The molecule has 9 heteroatoms. The van der Waals surface area contributed by atoms with Crippen molar-refractivity contribution in [3.8, 4) is 11.5 Å². The molecular weight excluding hydrogens is 398 g/mol. The second-order valence-corrected chi connectivity index (χ2v) is 8.74. The summed E-state index contributed by atoms with van der Waals surface area (Å²) < 4.78 is 11.4. The van der Waals surface area contributed by atoms with Crippen molar-refractivity contribution in [1.82, 2.24) is 15.5 Å². The van der Waals surface area contributed by atoms with Crippen molar-refractivity contribution in [2.75, 3.05) is 44.7 Å². The van der Waals surface area contributed by atoms with E-state index in [0.717, 1.165) is 38.0 Å².